The number of pyridine rings is 1. The molecule has 28 heavy (non-hydrogen) atoms. The highest BCUT2D eigenvalue weighted by Crippen LogP contribution is 2.24. The number of amides is 1. The average Bonchev–Trinajstić information content (AvgIpc) is 2.74. The first kappa shape index (κ1) is 20.1. The lowest BCUT2D eigenvalue weighted by molar-refractivity contribution is 0.0922. The van der Waals surface area contributed by atoms with Gasteiger partial charge in [-0.05, 0) is 49.2 Å². The van der Waals surface area contributed by atoms with Gasteiger partial charge in [-0.2, -0.15) is 0 Å². The van der Waals surface area contributed by atoms with Gasteiger partial charge in [0.15, 0.2) is 0 Å². The van der Waals surface area contributed by atoms with Crippen molar-refractivity contribution in [2.24, 2.45) is 0 Å². The second-order valence-electron chi connectivity index (χ2n) is 6.86. The van der Waals surface area contributed by atoms with Crippen molar-refractivity contribution in [3.05, 3.63) is 48.3 Å². The summed E-state index contributed by atoms with van der Waals surface area (Å²) in [5, 5.41) is 3.00. The van der Waals surface area contributed by atoms with Crippen molar-refractivity contribution < 1.29 is 17.9 Å². The van der Waals surface area contributed by atoms with Crippen LogP contribution in [0.5, 0.6) is 5.75 Å². The molecule has 150 valence electrons. The Hall–Kier alpha value is -2.61. The number of hydrogen-bond donors (Lipinski definition) is 1. The molecule has 0 aliphatic heterocycles. The monoisotopic (exact) mass is 403 g/mol. The van der Waals surface area contributed by atoms with E-state index in [-0.39, 0.29) is 22.5 Å². The van der Waals surface area contributed by atoms with Gasteiger partial charge in [0.25, 0.3) is 15.9 Å². The Labute approximate surface area is 165 Å². The first-order chi connectivity index (χ1) is 13.4. The molecule has 2 aromatic rings. The molecule has 0 atom stereocenters. The van der Waals surface area contributed by atoms with Crippen molar-refractivity contribution >= 4 is 21.6 Å². The normalized spacial score (nSPS) is 15.1. The van der Waals surface area contributed by atoms with Crippen LogP contribution in [0.3, 0.4) is 0 Å². The molecule has 0 saturated heterocycles. The molecule has 0 radical (unpaired) electrons. The van der Waals surface area contributed by atoms with Gasteiger partial charge < -0.3 is 10.1 Å². The number of sulfonamides is 1. The highest BCUT2D eigenvalue weighted by molar-refractivity contribution is 7.92. The van der Waals surface area contributed by atoms with E-state index >= 15 is 0 Å². The number of anilines is 1. The van der Waals surface area contributed by atoms with Gasteiger partial charge in [-0.3, -0.25) is 14.1 Å². The van der Waals surface area contributed by atoms with Crippen LogP contribution >= 0.6 is 0 Å². The molecule has 0 spiro atoms. The van der Waals surface area contributed by atoms with Crippen molar-refractivity contribution in [1.29, 1.82) is 0 Å². The maximum atomic E-state index is 12.9. The zero-order valence-electron chi connectivity index (χ0n) is 16.1. The number of aromatic nitrogens is 1. The summed E-state index contributed by atoms with van der Waals surface area (Å²) in [6.07, 6.45) is 6.82. The van der Waals surface area contributed by atoms with E-state index in [4.69, 9.17) is 4.74 Å². The molecule has 1 aromatic carbocycles. The minimum Gasteiger partial charge on any atom is -0.497 e. The predicted molar refractivity (Wildman–Crippen MR) is 107 cm³/mol. The Morgan fingerprint density at radius 3 is 2.46 bits per heavy atom. The summed E-state index contributed by atoms with van der Waals surface area (Å²) in [6, 6.07) is 9.39. The molecular weight excluding hydrogens is 378 g/mol. The number of carbonyl (C=O) groups is 1. The van der Waals surface area contributed by atoms with E-state index in [2.05, 4.69) is 10.3 Å². The predicted octanol–water partition coefficient (Wildman–Crippen LogP) is 2.98. The largest absolute Gasteiger partial charge is 0.497 e. The maximum absolute atomic E-state index is 12.9. The van der Waals surface area contributed by atoms with Gasteiger partial charge in [0.1, 0.15) is 11.4 Å². The third-order valence-electron chi connectivity index (χ3n) is 5.00. The van der Waals surface area contributed by atoms with Gasteiger partial charge in [-0.15, -0.1) is 0 Å². The highest BCUT2D eigenvalue weighted by Gasteiger charge is 2.23. The standard InChI is InChI=1S/C20H25N3O4S/c1-23(28(25,26)18-10-8-17(27-2)9-11-18)16-12-13-21-19(14-16)20(24)22-15-6-4-3-5-7-15/h8-15H,3-7H2,1-2H3,(H,22,24). The van der Waals surface area contributed by atoms with Crippen LogP contribution in [0.15, 0.2) is 47.5 Å². The van der Waals surface area contributed by atoms with Crippen molar-refractivity contribution in [1.82, 2.24) is 10.3 Å². The van der Waals surface area contributed by atoms with E-state index < -0.39 is 10.0 Å². The fourth-order valence-corrected chi connectivity index (χ4v) is 4.48. The molecule has 1 fully saturated rings. The highest BCUT2D eigenvalue weighted by atomic mass is 32.2. The Bertz CT molecular complexity index is 923. The lowest BCUT2D eigenvalue weighted by atomic mass is 9.95. The van der Waals surface area contributed by atoms with Crippen LogP contribution in [0.2, 0.25) is 0 Å². The molecule has 1 aliphatic carbocycles. The molecule has 1 heterocycles. The number of ether oxygens (including phenoxy) is 1. The van der Waals surface area contributed by atoms with Gasteiger partial charge >= 0.3 is 0 Å². The number of nitrogens with zero attached hydrogens (tertiary/aromatic N) is 2. The first-order valence-electron chi connectivity index (χ1n) is 9.32. The molecule has 0 unspecified atom stereocenters. The van der Waals surface area contributed by atoms with Crippen LogP contribution in [-0.2, 0) is 10.0 Å². The molecule has 0 bridgehead atoms. The summed E-state index contributed by atoms with van der Waals surface area (Å²) in [7, 11) is -0.792. The second-order valence-corrected chi connectivity index (χ2v) is 8.82. The summed E-state index contributed by atoms with van der Waals surface area (Å²) >= 11 is 0. The number of hydrogen-bond acceptors (Lipinski definition) is 5. The number of rotatable bonds is 6. The Kier molecular flexibility index (Phi) is 6.18. The van der Waals surface area contributed by atoms with E-state index in [9.17, 15) is 13.2 Å². The minimum absolute atomic E-state index is 0.140. The molecule has 1 aliphatic rings. The fourth-order valence-electron chi connectivity index (χ4n) is 3.29. The number of benzene rings is 1. The molecule has 7 nitrogen and oxygen atoms in total. The summed E-state index contributed by atoms with van der Waals surface area (Å²) < 4.78 is 32.0. The zero-order valence-corrected chi connectivity index (χ0v) is 16.9. The maximum Gasteiger partial charge on any atom is 0.270 e. The second kappa shape index (κ2) is 8.60. The van der Waals surface area contributed by atoms with Crippen molar-refractivity contribution in [3.63, 3.8) is 0 Å². The molecule has 1 amide bonds. The Morgan fingerprint density at radius 1 is 1.14 bits per heavy atom. The van der Waals surface area contributed by atoms with Gasteiger partial charge in [-0.25, -0.2) is 8.42 Å². The van der Waals surface area contributed by atoms with Crippen LogP contribution in [0.4, 0.5) is 5.69 Å². The van der Waals surface area contributed by atoms with Gasteiger partial charge in [0, 0.05) is 19.3 Å². The van der Waals surface area contributed by atoms with Crippen LogP contribution in [0.25, 0.3) is 0 Å². The summed E-state index contributed by atoms with van der Waals surface area (Å²) in [5.41, 5.74) is 0.583. The smallest absolute Gasteiger partial charge is 0.270 e. The third-order valence-corrected chi connectivity index (χ3v) is 6.80. The van der Waals surface area contributed by atoms with Crippen LogP contribution in [0, 0.1) is 0 Å². The van der Waals surface area contributed by atoms with Crippen molar-refractivity contribution in [3.8, 4) is 5.75 Å². The van der Waals surface area contributed by atoms with E-state index in [1.54, 1.807) is 18.2 Å². The fraction of sp³-hybridized carbons (Fsp3) is 0.400. The summed E-state index contributed by atoms with van der Waals surface area (Å²) in [5.74, 6) is 0.302. The average molecular weight is 404 g/mol. The van der Waals surface area contributed by atoms with Crippen LogP contribution in [-0.4, -0.2) is 39.5 Å². The van der Waals surface area contributed by atoms with Gasteiger partial charge in [0.2, 0.25) is 0 Å². The quantitative estimate of drug-likeness (QED) is 0.801. The number of methoxy groups -OCH3 is 1. The molecular formula is C20H25N3O4S. The van der Waals surface area contributed by atoms with E-state index in [0.29, 0.717) is 11.4 Å². The lowest BCUT2D eigenvalue weighted by Crippen LogP contribution is -2.36. The lowest BCUT2D eigenvalue weighted by Gasteiger charge is -2.23. The van der Waals surface area contributed by atoms with Crippen LogP contribution in [0.1, 0.15) is 42.6 Å². The molecule has 1 aromatic heterocycles. The van der Waals surface area contributed by atoms with E-state index in [1.165, 1.54) is 45.0 Å². The van der Waals surface area contributed by atoms with Crippen LogP contribution < -0.4 is 14.4 Å². The summed E-state index contributed by atoms with van der Waals surface area (Å²) in [4.78, 5) is 16.8. The van der Waals surface area contributed by atoms with E-state index in [1.807, 2.05) is 0 Å². The van der Waals surface area contributed by atoms with E-state index in [0.717, 1.165) is 30.0 Å². The zero-order chi connectivity index (χ0) is 20.1. The minimum atomic E-state index is -3.77. The molecule has 1 N–H and O–H groups in total. The molecule has 3 rings (SSSR count). The SMILES string of the molecule is COc1ccc(S(=O)(=O)N(C)c2ccnc(C(=O)NC3CCCCC3)c2)cc1. The first-order valence-corrected chi connectivity index (χ1v) is 10.8. The Balaban J connectivity index is 1.78. The van der Waals surface area contributed by atoms with Gasteiger partial charge in [-0.1, -0.05) is 19.3 Å². The molecule has 8 heteroatoms. The Morgan fingerprint density at radius 2 is 1.82 bits per heavy atom. The third kappa shape index (κ3) is 4.44. The topological polar surface area (TPSA) is 88.6 Å². The summed E-state index contributed by atoms with van der Waals surface area (Å²) in [6.45, 7) is 0. The van der Waals surface area contributed by atoms with Crippen molar-refractivity contribution in [2.45, 2.75) is 43.0 Å². The van der Waals surface area contributed by atoms with Crippen molar-refractivity contribution in [2.75, 3.05) is 18.5 Å². The number of nitrogens with one attached hydrogen (secondary N) is 1. The number of carbonyl (C=O) groups excluding carboxylic acids is 1. The van der Waals surface area contributed by atoms with Gasteiger partial charge in [0.05, 0.1) is 17.7 Å². The molecule has 1 saturated carbocycles.